The van der Waals surface area contributed by atoms with Gasteiger partial charge in [0.1, 0.15) is 12.1 Å². The Bertz CT molecular complexity index is 1020. The van der Waals surface area contributed by atoms with E-state index in [0.29, 0.717) is 19.4 Å². The van der Waals surface area contributed by atoms with Crippen LogP contribution in [0.3, 0.4) is 0 Å². The molecule has 3 unspecified atom stereocenters. The lowest BCUT2D eigenvalue weighted by atomic mass is 10.0. The number of carbonyl (C=O) groups is 4. The quantitative estimate of drug-likeness (QED) is 0.182. The van der Waals surface area contributed by atoms with Crippen molar-refractivity contribution in [2.24, 2.45) is 17.4 Å². The van der Waals surface area contributed by atoms with Crippen molar-refractivity contribution < 1.29 is 24.3 Å². The minimum absolute atomic E-state index is 0.0714. The number of nitrogens with two attached hydrogens (primary N) is 2. The number of rotatable bonds is 14. The molecule has 0 saturated carbocycles. The smallest absolute Gasteiger partial charge is 0.326 e. The van der Waals surface area contributed by atoms with Crippen LogP contribution in [0.2, 0.25) is 0 Å². The van der Waals surface area contributed by atoms with Gasteiger partial charge in [0, 0.05) is 23.5 Å². The van der Waals surface area contributed by atoms with Crippen molar-refractivity contribution in [3.63, 3.8) is 0 Å². The molecular formula is C24H36N6O5. The number of para-hydroxylation sites is 1. The number of carboxylic acids is 1. The molecule has 192 valence electrons. The summed E-state index contributed by atoms with van der Waals surface area (Å²) in [7, 11) is 0. The molecule has 3 amide bonds. The zero-order valence-corrected chi connectivity index (χ0v) is 20.2. The van der Waals surface area contributed by atoms with E-state index in [-0.39, 0.29) is 18.9 Å². The summed E-state index contributed by atoms with van der Waals surface area (Å²) in [6.07, 6.45) is 3.70. The summed E-state index contributed by atoms with van der Waals surface area (Å²) in [5.41, 5.74) is 12.9. The normalized spacial score (nSPS) is 13.7. The van der Waals surface area contributed by atoms with E-state index in [0.717, 1.165) is 22.9 Å². The van der Waals surface area contributed by atoms with Gasteiger partial charge in [0.15, 0.2) is 0 Å². The molecule has 1 aromatic heterocycles. The molecule has 0 fully saturated rings. The molecule has 3 atom stereocenters. The van der Waals surface area contributed by atoms with E-state index in [2.05, 4.69) is 20.9 Å². The summed E-state index contributed by atoms with van der Waals surface area (Å²) >= 11 is 0. The van der Waals surface area contributed by atoms with Crippen LogP contribution in [0.5, 0.6) is 0 Å². The van der Waals surface area contributed by atoms with Gasteiger partial charge in [-0.15, -0.1) is 0 Å². The number of carboxylic acid groups (broad SMARTS) is 1. The fraction of sp³-hybridized carbons (Fsp3) is 0.500. The third kappa shape index (κ3) is 8.37. The Hall–Kier alpha value is -3.44. The summed E-state index contributed by atoms with van der Waals surface area (Å²) in [6, 6.07) is 4.55. The Morgan fingerprint density at radius 1 is 1.06 bits per heavy atom. The predicted octanol–water partition coefficient (Wildman–Crippen LogP) is -0.00690. The molecule has 0 saturated heterocycles. The molecule has 0 aliphatic heterocycles. The number of aliphatic carboxylic acids is 1. The lowest BCUT2D eigenvalue weighted by Crippen LogP contribution is -2.55. The molecule has 2 rings (SSSR count). The highest BCUT2D eigenvalue weighted by Gasteiger charge is 2.29. The number of amides is 3. The topological polar surface area (TPSA) is 192 Å². The van der Waals surface area contributed by atoms with E-state index in [4.69, 9.17) is 11.5 Å². The zero-order valence-electron chi connectivity index (χ0n) is 20.2. The maximum Gasteiger partial charge on any atom is 0.326 e. The number of aromatic nitrogens is 1. The monoisotopic (exact) mass is 488 g/mol. The lowest BCUT2D eigenvalue weighted by molar-refractivity contribution is -0.142. The van der Waals surface area contributed by atoms with Crippen LogP contribution in [-0.2, 0) is 25.6 Å². The number of nitrogens with one attached hydrogen (secondary N) is 4. The molecule has 0 aliphatic rings. The van der Waals surface area contributed by atoms with Crippen LogP contribution in [0.15, 0.2) is 30.5 Å². The molecule has 2 aromatic rings. The van der Waals surface area contributed by atoms with E-state index in [1.165, 1.54) is 0 Å². The lowest BCUT2D eigenvalue weighted by Gasteiger charge is -2.24. The van der Waals surface area contributed by atoms with Crippen LogP contribution in [-0.4, -0.2) is 65.0 Å². The van der Waals surface area contributed by atoms with Gasteiger partial charge in [0.05, 0.1) is 12.6 Å². The third-order valence-corrected chi connectivity index (χ3v) is 5.71. The molecule has 0 aliphatic carbocycles. The highest BCUT2D eigenvalue weighted by molar-refractivity contribution is 5.93. The standard InChI is InChI=1S/C24H36N6O5/c1-14(2)21(30-20(31)13-28-22(32)17(26)8-5-6-10-25)23(33)29-19(24(34)35)11-15-12-27-18-9-4-3-7-16(15)18/h3-4,7,9,12,14,17,19,21,27H,5-6,8,10-11,13,25-26H2,1-2H3,(H,28,32)(H,29,33)(H,30,31)(H,34,35). The van der Waals surface area contributed by atoms with Crippen LogP contribution in [0, 0.1) is 5.92 Å². The molecule has 1 heterocycles. The number of hydrogen-bond donors (Lipinski definition) is 7. The van der Waals surface area contributed by atoms with Crippen molar-refractivity contribution in [1.29, 1.82) is 0 Å². The first-order chi connectivity index (χ1) is 16.6. The van der Waals surface area contributed by atoms with Crippen LogP contribution >= 0.6 is 0 Å². The van der Waals surface area contributed by atoms with E-state index in [1.807, 2.05) is 24.3 Å². The maximum atomic E-state index is 12.9. The maximum absolute atomic E-state index is 12.9. The minimum Gasteiger partial charge on any atom is -0.480 e. The Morgan fingerprint density at radius 2 is 1.77 bits per heavy atom. The second-order valence-corrected chi connectivity index (χ2v) is 8.86. The average Bonchev–Trinajstić information content (AvgIpc) is 3.23. The zero-order chi connectivity index (χ0) is 26.0. The molecule has 35 heavy (non-hydrogen) atoms. The Morgan fingerprint density at radius 3 is 2.43 bits per heavy atom. The Kier molecular flexibility index (Phi) is 10.7. The number of unbranched alkanes of at least 4 members (excludes halogenated alkanes) is 1. The summed E-state index contributed by atoms with van der Waals surface area (Å²) in [5.74, 6) is -3.17. The Labute approximate surface area is 204 Å². The number of carbonyl (C=O) groups excluding carboxylic acids is 3. The molecule has 9 N–H and O–H groups in total. The van der Waals surface area contributed by atoms with Gasteiger partial charge in [-0.3, -0.25) is 14.4 Å². The van der Waals surface area contributed by atoms with Crippen LogP contribution in [0.1, 0.15) is 38.7 Å². The van der Waals surface area contributed by atoms with Crippen molar-refractivity contribution >= 4 is 34.6 Å². The second kappa shape index (κ2) is 13.4. The van der Waals surface area contributed by atoms with E-state index in [1.54, 1.807) is 20.0 Å². The van der Waals surface area contributed by atoms with Crippen molar-refractivity contribution in [3.8, 4) is 0 Å². The van der Waals surface area contributed by atoms with E-state index < -0.39 is 41.8 Å². The first-order valence-electron chi connectivity index (χ1n) is 11.7. The minimum atomic E-state index is -1.19. The summed E-state index contributed by atoms with van der Waals surface area (Å²) in [5, 5.41) is 18.1. The first kappa shape index (κ1) is 27.8. The highest BCUT2D eigenvalue weighted by Crippen LogP contribution is 2.19. The van der Waals surface area contributed by atoms with Crippen molar-refractivity contribution in [3.05, 3.63) is 36.0 Å². The van der Waals surface area contributed by atoms with Gasteiger partial charge in [-0.05, 0) is 36.9 Å². The molecule has 11 heteroatoms. The SMILES string of the molecule is CC(C)C(NC(=O)CNC(=O)C(N)CCCCN)C(=O)NC(Cc1c[nH]c2ccccc12)C(=O)O. The fourth-order valence-electron chi connectivity index (χ4n) is 3.68. The van der Waals surface area contributed by atoms with E-state index >= 15 is 0 Å². The molecular weight excluding hydrogens is 452 g/mol. The van der Waals surface area contributed by atoms with Gasteiger partial charge in [0.25, 0.3) is 0 Å². The fourth-order valence-corrected chi connectivity index (χ4v) is 3.68. The summed E-state index contributed by atoms with van der Waals surface area (Å²) < 4.78 is 0. The highest BCUT2D eigenvalue weighted by atomic mass is 16.4. The third-order valence-electron chi connectivity index (χ3n) is 5.71. The molecule has 0 spiro atoms. The largest absolute Gasteiger partial charge is 0.480 e. The summed E-state index contributed by atoms with van der Waals surface area (Å²) in [4.78, 5) is 52.3. The Balaban J connectivity index is 1.95. The number of hydrogen-bond acceptors (Lipinski definition) is 6. The molecule has 1 aromatic carbocycles. The van der Waals surface area contributed by atoms with E-state index in [9.17, 15) is 24.3 Å². The van der Waals surface area contributed by atoms with Gasteiger partial charge >= 0.3 is 5.97 Å². The number of H-pyrrole nitrogens is 1. The number of benzene rings is 1. The molecule has 0 radical (unpaired) electrons. The van der Waals surface area contributed by atoms with Crippen molar-refractivity contribution in [2.45, 2.75) is 57.7 Å². The van der Waals surface area contributed by atoms with Crippen LogP contribution in [0.25, 0.3) is 10.9 Å². The predicted molar refractivity (Wildman–Crippen MR) is 132 cm³/mol. The van der Waals surface area contributed by atoms with Gasteiger partial charge in [-0.1, -0.05) is 38.5 Å². The van der Waals surface area contributed by atoms with Crippen LogP contribution in [0.4, 0.5) is 0 Å². The van der Waals surface area contributed by atoms with Crippen molar-refractivity contribution in [2.75, 3.05) is 13.1 Å². The van der Waals surface area contributed by atoms with Crippen LogP contribution < -0.4 is 27.4 Å². The number of aromatic amines is 1. The number of fused-ring (bicyclic) bond motifs is 1. The molecule has 11 nitrogen and oxygen atoms in total. The van der Waals surface area contributed by atoms with Gasteiger partial charge in [0.2, 0.25) is 17.7 Å². The average molecular weight is 489 g/mol. The van der Waals surface area contributed by atoms with Gasteiger partial charge < -0.3 is 37.5 Å². The van der Waals surface area contributed by atoms with Crippen molar-refractivity contribution in [1.82, 2.24) is 20.9 Å². The molecule has 0 bridgehead atoms. The van der Waals surface area contributed by atoms with Gasteiger partial charge in [-0.2, -0.15) is 0 Å². The second-order valence-electron chi connectivity index (χ2n) is 8.86. The summed E-state index contributed by atoms with van der Waals surface area (Å²) in [6.45, 7) is 3.62. The van der Waals surface area contributed by atoms with Gasteiger partial charge in [-0.25, -0.2) is 4.79 Å². The first-order valence-corrected chi connectivity index (χ1v) is 11.7.